The third kappa shape index (κ3) is 6.60. The number of ether oxygens (including phenoxy) is 2. The minimum Gasteiger partial charge on any atom is -0.493 e. The molecular weight excluding hydrogens is 310 g/mol. The number of methoxy groups -OCH3 is 1. The van der Waals surface area contributed by atoms with Gasteiger partial charge in [0.2, 0.25) is 0 Å². The smallest absolute Gasteiger partial charge is 0.191 e. The molecular formula is C17H29N3O2S. The number of hydrogen-bond donors (Lipinski definition) is 2. The lowest BCUT2D eigenvalue weighted by Gasteiger charge is -2.23. The maximum atomic E-state index is 5.61. The van der Waals surface area contributed by atoms with Crippen molar-refractivity contribution in [2.75, 3.05) is 33.6 Å². The summed E-state index contributed by atoms with van der Waals surface area (Å²) >= 11 is 1.83. The first kappa shape index (κ1) is 19.5. The van der Waals surface area contributed by atoms with Gasteiger partial charge in [-0.3, -0.25) is 4.99 Å². The number of aliphatic imine (C=N–C) groups is 1. The molecule has 0 aliphatic carbocycles. The van der Waals surface area contributed by atoms with Crippen LogP contribution in [0, 0.1) is 0 Å². The van der Waals surface area contributed by atoms with Crippen LogP contribution < -0.4 is 20.1 Å². The van der Waals surface area contributed by atoms with Crippen LogP contribution in [0.25, 0.3) is 0 Å². The van der Waals surface area contributed by atoms with Crippen LogP contribution in [-0.2, 0) is 6.54 Å². The summed E-state index contributed by atoms with van der Waals surface area (Å²) in [6.45, 7) is 8.50. The predicted molar refractivity (Wildman–Crippen MR) is 100.0 cm³/mol. The van der Waals surface area contributed by atoms with E-state index in [2.05, 4.69) is 35.7 Å². The Kier molecular flexibility index (Phi) is 8.09. The largest absolute Gasteiger partial charge is 0.493 e. The standard InChI is InChI=1S/C17H29N3O2S/c1-7-22-15-10-13(8-9-14(15)21-5)11-19-16(18-4)20-12-17(2,3)23-6/h8-10H,7,11-12H2,1-6H3,(H2,18,19,20). The fraction of sp³-hybridized carbons (Fsp3) is 0.588. The Bertz CT molecular complexity index is 519. The van der Waals surface area contributed by atoms with Crippen LogP contribution in [0.5, 0.6) is 11.5 Å². The zero-order valence-corrected chi connectivity index (χ0v) is 15.8. The summed E-state index contributed by atoms with van der Waals surface area (Å²) in [5, 5.41) is 6.68. The minimum absolute atomic E-state index is 0.167. The predicted octanol–water partition coefficient (Wildman–Crippen LogP) is 2.90. The van der Waals surface area contributed by atoms with Gasteiger partial charge >= 0.3 is 0 Å². The lowest BCUT2D eigenvalue weighted by Crippen LogP contribution is -2.42. The van der Waals surface area contributed by atoms with Crippen molar-refractivity contribution in [1.82, 2.24) is 10.6 Å². The molecule has 2 N–H and O–H groups in total. The average molecular weight is 340 g/mol. The van der Waals surface area contributed by atoms with Crippen LogP contribution in [0.1, 0.15) is 26.3 Å². The summed E-state index contributed by atoms with van der Waals surface area (Å²) in [6, 6.07) is 5.94. The third-order valence-electron chi connectivity index (χ3n) is 3.45. The molecule has 1 rings (SSSR count). The van der Waals surface area contributed by atoms with Crippen LogP contribution in [-0.4, -0.2) is 44.3 Å². The van der Waals surface area contributed by atoms with E-state index >= 15 is 0 Å². The molecule has 0 saturated heterocycles. The molecule has 1 aromatic rings. The second kappa shape index (κ2) is 9.55. The monoisotopic (exact) mass is 339 g/mol. The molecule has 0 bridgehead atoms. The van der Waals surface area contributed by atoms with E-state index in [-0.39, 0.29) is 4.75 Å². The van der Waals surface area contributed by atoms with E-state index in [1.54, 1.807) is 14.2 Å². The minimum atomic E-state index is 0.167. The highest BCUT2D eigenvalue weighted by Crippen LogP contribution is 2.28. The molecule has 0 atom stereocenters. The van der Waals surface area contributed by atoms with Crippen molar-refractivity contribution < 1.29 is 9.47 Å². The molecule has 0 heterocycles. The van der Waals surface area contributed by atoms with E-state index in [0.29, 0.717) is 13.2 Å². The molecule has 0 fully saturated rings. The van der Waals surface area contributed by atoms with E-state index in [9.17, 15) is 0 Å². The molecule has 23 heavy (non-hydrogen) atoms. The molecule has 0 radical (unpaired) electrons. The quantitative estimate of drug-likeness (QED) is 0.563. The molecule has 0 aliphatic rings. The highest BCUT2D eigenvalue weighted by Gasteiger charge is 2.16. The van der Waals surface area contributed by atoms with Crippen molar-refractivity contribution >= 4 is 17.7 Å². The second-order valence-corrected chi connectivity index (χ2v) is 7.17. The topological polar surface area (TPSA) is 54.9 Å². The zero-order valence-electron chi connectivity index (χ0n) is 15.0. The Morgan fingerprint density at radius 1 is 1.26 bits per heavy atom. The SMILES string of the molecule is CCOc1cc(CNC(=NC)NCC(C)(C)SC)ccc1OC. The number of nitrogens with one attached hydrogen (secondary N) is 2. The van der Waals surface area contributed by atoms with Crippen molar-refractivity contribution in [2.45, 2.75) is 32.1 Å². The van der Waals surface area contributed by atoms with Crippen LogP contribution in [0.4, 0.5) is 0 Å². The summed E-state index contributed by atoms with van der Waals surface area (Å²) in [5.74, 6) is 2.31. The number of thioether (sulfide) groups is 1. The summed E-state index contributed by atoms with van der Waals surface area (Å²) in [4.78, 5) is 4.26. The Hall–Kier alpha value is -1.56. The molecule has 0 spiro atoms. The van der Waals surface area contributed by atoms with Crippen molar-refractivity contribution in [1.29, 1.82) is 0 Å². The number of hydrogen-bond acceptors (Lipinski definition) is 4. The summed E-state index contributed by atoms with van der Waals surface area (Å²) in [6.07, 6.45) is 2.12. The van der Waals surface area contributed by atoms with Gasteiger partial charge in [-0.1, -0.05) is 6.07 Å². The lowest BCUT2D eigenvalue weighted by atomic mass is 10.2. The van der Waals surface area contributed by atoms with E-state index in [4.69, 9.17) is 9.47 Å². The number of benzene rings is 1. The number of nitrogens with zero attached hydrogens (tertiary/aromatic N) is 1. The van der Waals surface area contributed by atoms with Gasteiger partial charge < -0.3 is 20.1 Å². The van der Waals surface area contributed by atoms with Gasteiger partial charge in [-0.25, -0.2) is 0 Å². The Morgan fingerprint density at radius 2 is 2.00 bits per heavy atom. The first-order chi connectivity index (χ1) is 11.0. The molecule has 0 aliphatic heterocycles. The van der Waals surface area contributed by atoms with E-state index in [1.807, 2.05) is 36.9 Å². The summed E-state index contributed by atoms with van der Waals surface area (Å²) in [5.41, 5.74) is 1.11. The van der Waals surface area contributed by atoms with Gasteiger partial charge in [0.25, 0.3) is 0 Å². The van der Waals surface area contributed by atoms with Gasteiger partial charge in [-0.2, -0.15) is 11.8 Å². The van der Waals surface area contributed by atoms with Crippen molar-refractivity contribution in [3.05, 3.63) is 23.8 Å². The lowest BCUT2D eigenvalue weighted by molar-refractivity contribution is 0.310. The first-order valence-corrected chi connectivity index (χ1v) is 8.97. The van der Waals surface area contributed by atoms with E-state index in [0.717, 1.165) is 29.6 Å². The van der Waals surface area contributed by atoms with E-state index < -0.39 is 0 Å². The Morgan fingerprint density at radius 3 is 2.57 bits per heavy atom. The highest BCUT2D eigenvalue weighted by atomic mass is 32.2. The van der Waals surface area contributed by atoms with Gasteiger partial charge in [-0.15, -0.1) is 0 Å². The molecule has 130 valence electrons. The normalized spacial score (nSPS) is 12.0. The zero-order chi connectivity index (χ0) is 17.3. The van der Waals surface area contributed by atoms with Crippen LogP contribution in [0.3, 0.4) is 0 Å². The van der Waals surface area contributed by atoms with Crippen LogP contribution >= 0.6 is 11.8 Å². The van der Waals surface area contributed by atoms with Gasteiger partial charge in [0.05, 0.1) is 13.7 Å². The van der Waals surface area contributed by atoms with Gasteiger partial charge in [-0.05, 0) is 44.7 Å². The Labute approximate surface area is 144 Å². The van der Waals surface area contributed by atoms with Gasteiger partial charge in [0.1, 0.15) is 0 Å². The van der Waals surface area contributed by atoms with Crippen molar-refractivity contribution in [3.8, 4) is 11.5 Å². The summed E-state index contributed by atoms with van der Waals surface area (Å²) < 4.78 is 11.1. The fourth-order valence-electron chi connectivity index (χ4n) is 1.87. The first-order valence-electron chi connectivity index (χ1n) is 7.75. The molecule has 1 aromatic carbocycles. The molecule has 0 unspecified atom stereocenters. The van der Waals surface area contributed by atoms with Gasteiger partial charge in [0.15, 0.2) is 17.5 Å². The summed E-state index contributed by atoms with van der Waals surface area (Å²) in [7, 11) is 3.43. The third-order valence-corrected chi connectivity index (χ3v) is 4.70. The fourth-order valence-corrected chi connectivity index (χ4v) is 2.09. The van der Waals surface area contributed by atoms with Crippen LogP contribution in [0.15, 0.2) is 23.2 Å². The average Bonchev–Trinajstić information content (AvgIpc) is 2.55. The second-order valence-electron chi connectivity index (χ2n) is 5.66. The number of guanidine groups is 1. The van der Waals surface area contributed by atoms with Crippen molar-refractivity contribution in [3.63, 3.8) is 0 Å². The van der Waals surface area contributed by atoms with E-state index in [1.165, 1.54) is 0 Å². The molecule has 5 nitrogen and oxygen atoms in total. The molecule has 0 aromatic heterocycles. The number of rotatable bonds is 8. The van der Waals surface area contributed by atoms with Gasteiger partial charge in [0, 0.05) is 24.9 Å². The van der Waals surface area contributed by atoms with Crippen molar-refractivity contribution in [2.24, 2.45) is 4.99 Å². The Balaban J connectivity index is 2.63. The maximum Gasteiger partial charge on any atom is 0.191 e. The molecule has 0 saturated carbocycles. The maximum absolute atomic E-state index is 5.61. The highest BCUT2D eigenvalue weighted by molar-refractivity contribution is 7.99. The van der Waals surface area contributed by atoms with Crippen LogP contribution in [0.2, 0.25) is 0 Å². The molecule has 0 amide bonds. The molecule has 6 heteroatoms.